The van der Waals surface area contributed by atoms with Crippen molar-refractivity contribution in [2.75, 3.05) is 0 Å². The highest BCUT2D eigenvalue weighted by molar-refractivity contribution is 5.45. The molecule has 0 aliphatic heterocycles. The lowest BCUT2D eigenvalue weighted by Gasteiger charge is -2.03. The third kappa shape index (κ3) is 3.81. The number of phenols is 4. The van der Waals surface area contributed by atoms with Crippen molar-refractivity contribution >= 4 is 0 Å². The van der Waals surface area contributed by atoms with E-state index in [-0.39, 0.29) is 23.0 Å². The van der Waals surface area contributed by atoms with Crippen LogP contribution in [0.25, 0.3) is 0 Å². The highest BCUT2D eigenvalue weighted by atomic mass is 16.3. The van der Waals surface area contributed by atoms with Gasteiger partial charge in [-0.2, -0.15) is 0 Å². The molecule has 0 saturated carbocycles. The van der Waals surface area contributed by atoms with Gasteiger partial charge in [-0.1, -0.05) is 0 Å². The average Bonchev–Trinajstić information content (AvgIpc) is 2.37. The predicted octanol–water partition coefficient (Wildman–Crippen LogP) is 3.12. The van der Waals surface area contributed by atoms with E-state index in [0.717, 1.165) is 11.1 Å². The predicted molar refractivity (Wildman–Crippen MR) is 73.8 cm³/mol. The summed E-state index contributed by atoms with van der Waals surface area (Å²) in [5.74, 6) is 0.865. The molecule has 2 aromatic carbocycles. The van der Waals surface area contributed by atoms with Crippen LogP contribution in [-0.4, -0.2) is 20.4 Å². The summed E-state index contributed by atoms with van der Waals surface area (Å²) < 4.78 is 0. The van der Waals surface area contributed by atoms with Crippen LogP contribution >= 0.6 is 0 Å². The van der Waals surface area contributed by atoms with Crippen LogP contribution in [0, 0.1) is 20.8 Å². The average molecular weight is 262 g/mol. The summed E-state index contributed by atoms with van der Waals surface area (Å²) in [7, 11) is 0. The van der Waals surface area contributed by atoms with Gasteiger partial charge in [0.05, 0.1) is 0 Å². The summed E-state index contributed by atoms with van der Waals surface area (Å²) in [6, 6.07) is 7.39. The van der Waals surface area contributed by atoms with E-state index in [0.29, 0.717) is 5.56 Å². The van der Waals surface area contributed by atoms with Crippen molar-refractivity contribution in [2.45, 2.75) is 20.8 Å². The lowest BCUT2D eigenvalue weighted by Crippen LogP contribution is -1.81. The maximum Gasteiger partial charge on any atom is 0.119 e. The molecule has 0 bridgehead atoms. The molecule has 0 fully saturated rings. The molecule has 0 atom stereocenters. The number of benzene rings is 2. The van der Waals surface area contributed by atoms with Crippen molar-refractivity contribution in [3.63, 3.8) is 0 Å². The molecule has 0 saturated heterocycles. The van der Waals surface area contributed by atoms with E-state index in [4.69, 9.17) is 20.4 Å². The van der Waals surface area contributed by atoms with Gasteiger partial charge >= 0.3 is 0 Å². The van der Waals surface area contributed by atoms with Gasteiger partial charge in [-0.3, -0.25) is 0 Å². The topological polar surface area (TPSA) is 80.9 Å². The van der Waals surface area contributed by atoms with Crippen molar-refractivity contribution in [1.29, 1.82) is 0 Å². The SMILES string of the molecule is Cc1c(O)ccc(O)c1C.Cc1cc(O)ccc1O. The normalized spacial score (nSPS) is 9.63. The van der Waals surface area contributed by atoms with Gasteiger partial charge in [-0.05, 0) is 67.8 Å². The highest BCUT2D eigenvalue weighted by Crippen LogP contribution is 2.26. The molecule has 2 aromatic rings. The fourth-order valence-electron chi connectivity index (χ4n) is 1.43. The molecule has 0 radical (unpaired) electrons. The largest absolute Gasteiger partial charge is 0.508 e. The summed E-state index contributed by atoms with van der Waals surface area (Å²) in [5, 5.41) is 36.0. The number of aryl methyl sites for hydroxylation is 1. The van der Waals surface area contributed by atoms with Gasteiger partial charge in [-0.15, -0.1) is 0 Å². The van der Waals surface area contributed by atoms with Crippen molar-refractivity contribution < 1.29 is 20.4 Å². The van der Waals surface area contributed by atoms with Crippen LogP contribution in [-0.2, 0) is 0 Å². The summed E-state index contributed by atoms with van der Waals surface area (Å²) in [5.41, 5.74) is 2.16. The second-order valence-electron chi connectivity index (χ2n) is 4.32. The zero-order valence-electron chi connectivity index (χ0n) is 11.2. The quantitative estimate of drug-likeness (QED) is 0.550. The van der Waals surface area contributed by atoms with Gasteiger partial charge in [0.25, 0.3) is 0 Å². The first kappa shape index (κ1) is 14.7. The van der Waals surface area contributed by atoms with Gasteiger partial charge in [-0.25, -0.2) is 0 Å². The third-order valence-corrected chi connectivity index (χ3v) is 2.91. The Labute approximate surface area is 112 Å². The molecule has 19 heavy (non-hydrogen) atoms. The minimum absolute atomic E-state index is 0.185. The Morgan fingerprint density at radius 1 is 0.632 bits per heavy atom. The van der Waals surface area contributed by atoms with Crippen molar-refractivity contribution in [3.05, 3.63) is 47.0 Å². The Bertz CT molecular complexity index is 550. The van der Waals surface area contributed by atoms with E-state index < -0.39 is 0 Å². The van der Waals surface area contributed by atoms with Gasteiger partial charge < -0.3 is 20.4 Å². The fourth-order valence-corrected chi connectivity index (χ4v) is 1.43. The molecule has 0 aliphatic carbocycles. The van der Waals surface area contributed by atoms with Gasteiger partial charge in [0, 0.05) is 0 Å². The summed E-state index contributed by atoms with van der Waals surface area (Å²) >= 11 is 0. The third-order valence-electron chi connectivity index (χ3n) is 2.91. The summed E-state index contributed by atoms with van der Waals surface area (Å²) in [6.07, 6.45) is 0. The Kier molecular flexibility index (Phi) is 4.64. The number of phenolic OH excluding ortho intramolecular Hbond substituents is 4. The monoisotopic (exact) mass is 262 g/mol. The number of aromatic hydroxyl groups is 4. The van der Waals surface area contributed by atoms with Crippen molar-refractivity contribution in [3.8, 4) is 23.0 Å². The highest BCUT2D eigenvalue weighted by Gasteiger charge is 2.02. The minimum Gasteiger partial charge on any atom is -0.508 e. The lowest BCUT2D eigenvalue weighted by molar-refractivity contribution is 0.453. The van der Waals surface area contributed by atoms with Crippen LogP contribution < -0.4 is 0 Å². The molecule has 2 rings (SSSR count). The number of rotatable bonds is 0. The van der Waals surface area contributed by atoms with Crippen LogP contribution in [0.1, 0.15) is 16.7 Å². The molecule has 4 heteroatoms. The molecule has 0 aliphatic rings. The zero-order valence-corrected chi connectivity index (χ0v) is 11.2. The van der Waals surface area contributed by atoms with E-state index in [2.05, 4.69) is 0 Å². The maximum atomic E-state index is 9.11. The van der Waals surface area contributed by atoms with E-state index in [1.165, 1.54) is 30.3 Å². The molecular formula is C15H18O4. The van der Waals surface area contributed by atoms with Gasteiger partial charge in [0.2, 0.25) is 0 Å². The second kappa shape index (κ2) is 6.00. The van der Waals surface area contributed by atoms with Crippen LogP contribution in [0.4, 0.5) is 0 Å². The Morgan fingerprint density at radius 2 is 1.05 bits per heavy atom. The van der Waals surface area contributed by atoms with E-state index in [9.17, 15) is 0 Å². The lowest BCUT2D eigenvalue weighted by atomic mass is 10.1. The van der Waals surface area contributed by atoms with Crippen molar-refractivity contribution in [1.82, 2.24) is 0 Å². The minimum atomic E-state index is 0.185. The molecule has 0 spiro atoms. The maximum absolute atomic E-state index is 9.11. The molecule has 102 valence electrons. The number of hydrogen-bond donors (Lipinski definition) is 4. The van der Waals surface area contributed by atoms with Gasteiger partial charge in [0.15, 0.2) is 0 Å². The summed E-state index contributed by atoms with van der Waals surface area (Å²) in [4.78, 5) is 0. The first-order valence-corrected chi connectivity index (χ1v) is 5.79. The second-order valence-corrected chi connectivity index (χ2v) is 4.32. The summed E-state index contributed by atoms with van der Waals surface area (Å²) in [6.45, 7) is 5.27. The van der Waals surface area contributed by atoms with E-state index in [1.807, 2.05) is 0 Å². The molecule has 0 heterocycles. The van der Waals surface area contributed by atoms with Gasteiger partial charge in [0.1, 0.15) is 23.0 Å². The van der Waals surface area contributed by atoms with Crippen LogP contribution in [0.15, 0.2) is 30.3 Å². The first-order chi connectivity index (χ1) is 8.82. The Balaban J connectivity index is 0.000000191. The number of hydrogen-bond acceptors (Lipinski definition) is 4. The zero-order chi connectivity index (χ0) is 14.6. The van der Waals surface area contributed by atoms with Crippen LogP contribution in [0.5, 0.6) is 23.0 Å². The smallest absolute Gasteiger partial charge is 0.119 e. The van der Waals surface area contributed by atoms with Crippen LogP contribution in [0.2, 0.25) is 0 Å². The molecule has 0 unspecified atom stereocenters. The molecular weight excluding hydrogens is 244 g/mol. The van der Waals surface area contributed by atoms with E-state index in [1.54, 1.807) is 20.8 Å². The Hall–Kier alpha value is -2.36. The fraction of sp³-hybridized carbons (Fsp3) is 0.200. The molecule has 0 aromatic heterocycles. The molecule has 4 N–H and O–H groups in total. The van der Waals surface area contributed by atoms with Crippen molar-refractivity contribution in [2.24, 2.45) is 0 Å². The Morgan fingerprint density at radius 3 is 1.42 bits per heavy atom. The standard InChI is InChI=1S/C8H10O2.C7H8O2/c1-5-6(2)8(10)4-3-7(5)9;1-5-4-6(8)2-3-7(5)9/h3-4,9-10H,1-2H3;2-4,8-9H,1H3. The molecule has 0 amide bonds. The van der Waals surface area contributed by atoms with Crippen LogP contribution in [0.3, 0.4) is 0 Å². The molecule has 4 nitrogen and oxygen atoms in total. The van der Waals surface area contributed by atoms with E-state index >= 15 is 0 Å². The first-order valence-electron chi connectivity index (χ1n) is 5.79.